The maximum absolute atomic E-state index is 12.4. The minimum atomic E-state index is -3.57. The summed E-state index contributed by atoms with van der Waals surface area (Å²) in [5.74, 6) is 0. The summed E-state index contributed by atoms with van der Waals surface area (Å²) in [4.78, 5) is 1.03. The van der Waals surface area contributed by atoms with E-state index in [-0.39, 0.29) is 0 Å². The van der Waals surface area contributed by atoms with Gasteiger partial charge in [0.1, 0.15) is 4.21 Å². The van der Waals surface area contributed by atoms with Crippen LogP contribution in [0.1, 0.15) is 10.4 Å². The van der Waals surface area contributed by atoms with E-state index in [1.807, 2.05) is 13.1 Å². The van der Waals surface area contributed by atoms with Crippen molar-refractivity contribution in [3.05, 3.63) is 45.8 Å². The monoisotopic (exact) mass is 344 g/mol. The molecule has 0 spiro atoms. The predicted octanol–water partition coefficient (Wildman–Crippen LogP) is 3.27. The Morgan fingerprint density at radius 2 is 2.00 bits per heavy atom. The molecule has 0 aliphatic rings. The number of nitrogens with one attached hydrogen (secondary N) is 2. The van der Waals surface area contributed by atoms with Crippen LogP contribution in [0, 0.1) is 6.92 Å². The van der Waals surface area contributed by atoms with Gasteiger partial charge in [-0.2, -0.15) is 0 Å². The Balaban J connectivity index is 2.22. The minimum Gasteiger partial charge on any atom is -0.319 e. The third kappa shape index (κ3) is 3.97. The van der Waals surface area contributed by atoms with Crippen molar-refractivity contribution >= 4 is 38.6 Å². The Labute approximate surface area is 134 Å². The van der Waals surface area contributed by atoms with Crippen molar-refractivity contribution in [1.82, 2.24) is 5.32 Å². The molecule has 1 aromatic carbocycles. The molecule has 0 aliphatic carbocycles. The van der Waals surface area contributed by atoms with Crippen molar-refractivity contribution in [3.8, 4) is 0 Å². The second kappa shape index (κ2) is 6.79. The molecule has 0 fully saturated rings. The van der Waals surface area contributed by atoms with E-state index in [1.54, 1.807) is 31.2 Å². The molecule has 2 rings (SSSR count). The number of anilines is 1. The molecule has 114 valence electrons. The Morgan fingerprint density at radius 1 is 1.24 bits per heavy atom. The highest BCUT2D eigenvalue weighted by atomic mass is 35.5. The Bertz CT molecular complexity index is 726. The molecule has 4 nitrogen and oxygen atoms in total. The lowest BCUT2D eigenvalue weighted by atomic mass is 10.2. The van der Waals surface area contributed by atoms with Crippen LogP contribution >= 0.6 is 22.9 Å². The van der Waals surface area contributed by atoms with Crippen molar-refractivity contribution in [2.24, 2.45) is 0 Å². The average molecular weight is 345 g/mol. The topological polar surface area (TPSA) is 58.2 Å². The van der Waals surface area contributed by atoms with Gasteiger partial charge in [-0.1, -0.05) is 17.7 Å². The van der Waals surface area contributed by atoms with Crippen LogP contribution in [-0.2, 0) is 16.4 Å². The van der Waals surface area contributed by atoms with Gasteiger partial charge < -0.3 is 5.32 Å². The fraction of sp³-hybridized carbons (Fsp3) is 0.286. The van der Waals surface area contributed by atoms with Gasteiger partial charge in [0, 0.05) is 9.90 Å². The van der Waals surface area contributed by atoms with Gasteiger partial charge >= 0.3 is 0 Å². The van der Waals surface area contributed by atoms with E-state index in [1.165, 1.54) is 11.3 Å². The van der Waals surface area contributed by atoms with Crippen LogP contribution < -0.4 is 10.0 Å². The number of thiophene rings is 1. The summed E-state index contributed by atoms with van der Waals surface area (Å²) in [6, 6.07) is 8.64. The molecule has 1 heterocycles. The molecule has 0 amide bonds. The summed E-state index contributed by atoms with van der Waals surface area (Å²) in [7, 11) is -1.70. The predicted molar refractivity (Wildman–Crippen MR) is 88.9 cm³/mol. The quantitative estimate of drug-likeness (QED) is 0.845. The Morgan fingerprint density at radius 3 is 2.71 bits per heavy atom. The fourth-order valence-corrected chi connectivity index (χ4v) is 4.45. The minimum absolute atomic E-state index is 0.313. The van der Waals surface area contributed by atoms with Crippen LogP contribution in [0.25, 0.3) is 0 Å². The number of halogens is 1. The van der Waals surface area contributed by atoms with Gasteiger partial charge in [0.2, 0.25) is 0 Å². The average Bonchev–Trinajstić information content (AvgIpc) is 2.91. The third-order valence-corrected chi connectivity index (χ3v) is 6.45. The first-order valence-electron chi connectivity index (χ1n) is 6.45. The summed E-state index contributed by atoms with van der Waals surface area (Å²) in [6.45, 7) is 2.60. The highest BCUT2D eigenvalue weighted by Gasteiger charge is 2.18. The van der Waals surface area contributed by atoms with Crippen LogP contribution in [-0.4, -0.2) is 22.0 Å². The summed E-state index contributed by atoms with van der Waals surface area (Å²) in [5, 5.41) is 3.58. The van der Waals surface area contributed by atoms with Crippen LogP contribution in [0.2, 0.25) is 5.02 Å². The highest BCUT2D eigenvalue weighted by Crippen LogP contribution is 2.28. The zero-order chi connectivity index (χ0) is 15.5. The molecule has 0 saturated heterocycles. The Hall–Kier alpha value is -1.08. The van der Waals surface area contributed by atoms with Gasteiger partial charge in [-0.25, -0.2) is 8.42 Å². The largest absolute Gasteiger partial charge is 0.319 e. The lowest BCUT2D eigenvalue weighted by molar-refractivity contribution is 0.603. The molecule has 0 bridgehead atoms. The number of hydrogen-bond acceptors (Lipinski definition) is 4. The van der Waals surface area contributed by atoms with Crippen LogP contribution in [0.3, 0.4) is 0 Å². The maximum Gasteiger partial charge on any atom is 0.271 e. The van der Waals surface area contributed by atoms with Crippen molar-refractivity contribution in [1.29, 1.82) is 0 Å². The van der Waals surface area contributed by atoms with E-state index >= 15 is 0 Å². The van der Waals surface area contributed by atoms with E-state index in [0.29, 0.717) is 14.9 Å². The van der Waals surface area contributed by atoms with Crippen molar-refractivity contribution in [3.63, 3.8) is 0 Å². The number of rotatable bonds is 6. The van der Waals surface area contributed by atoms with E-state index in [0.717, 1.165) is 23.4 Å². The molecule has 0 radical (unpaired) electrons. The molecule has 0 aliphatic heterocycles. The molecule has 1 aromatic heterocycles. The van der Waals surface area contributed by atoms with Crippen LogP contribution in [0.4, 0.5) is 5.69 Å². The van der Waals surface area contributed by atoms with Crippen molar-refractivity contribution in [2.75, 3.05) is 18.3 Å². The van der Waals surface area contributed by atoms with E-state index in [9.17, 15) is 8.42 Å². The molecular formula is C14H17ClN2O2S2. The fourth-order valence-electron chi connectivity index (χ4n) is 1.80. The molecular weight excluding hydrogens is 328 g/mol. The summed E-state index contributed by atoms with van der Waals surface area (Å²) in [6.07, 6.45) is 0.812. The lowest BCUT2D eigenvalue weighted by Crippen LogP contribution is -2.12. The SMILES string of the molecule is CNCCc1ccc(S(=O)(=O)Nc2cccc(Cl)c2C)s1. The van der Waals surface area contributed by atoms with Gasteiger partial charge in [-0.3, -0.25) is 4.72 Å². The molecule has 0 saturated carbocycles. The smallest absolute Gasteiger partial charge is 0.271 e. The zero-order valence-electron chi connectivity index (χ0n) is 11.8. The van der Waals surface area contributed by atoms with E-state index in [2.05, 4.69) is 10.0 Å². The number of hydrogen-bond donors (Lipinski definition) is 2. The van der Waals surface area contributed by atoms with Crippen molar-refractivity contribution < 1.29 is 8.42 Å². The summed E-state index contributed by atoms with van der Waals surface area (Å²) in [5.41, 5.74) is 1.22. The molecule has 7 heteroatoms. The zero-order valence-corrected chi connectivity index (χ0v) is 14.2. The van der Waals surface area contributed by atoms with Gasteiger partial charge in [-0.15, -0.1) is 11.3 Å². The van der Waals surface area contributed by atoms with Gasteiger partial charge in [0.25, 0.3) is 10.0 Å². The molecule has 2 N–H and O–H groups in total. The summed E-state index contributed by atoms with van der Waals surface area (Å²) < 4.78 is 27.7. The van der Waals surface area contributed by atoms with Gasteiger partial charge in [0.15, 0.2) is 0 Å². The molecule has 0 atom stereocenters. The van der Waals surface area contributed by atoms with E-state index in [4.69, 9.17) is 11.6 Å². The van der Waals surface area contributed by atoms with E-state index < -0.39 is 10.0 Å². The number of sulfonamides is 1. The summed E-state index contributed by atoms with van der Waals surface area (Å²) >= 11 is 7.30. The standard InChI is InChI=1S/C14H17ClN2O2S2/c1-10-12(15)4-3-5-13(10)17-21(18,19)14-7-6-11(20-14)8-9-16-2/h3-7,16-17H,8-9H2,1-2H3. The first kappa shape index (κ1) is 16.3. The van der Waals surface area contributed by atoms with Crippen molar-refractivity contribution in [2.45, 2.75) is 17.6 Å². The Kier molecular flexibility index (Phi) is 5.27. The molecule has 21 heavy (non-hydrogen) atoms. The van der Waals surface area contributed by atoms with Gasteiger partial charge in [-0.05, 0) is 56.8 Å². The first-order chi connectivity index (χ1) is 9.94. The number of benzene rings is 1. The third-order valence-electron chi connectivity index (χ3n) is 3.04. The highest BCUT2D eigenvalue weighted by molar-refractivity contribution is 7.94. The maximum atomic E-state index is 12.4. The van der Waals surface area contributed by atoms with Crippen LogP contribution in [0.15, 0.2) is 34.5 Å². The first-order valence-corrected chi connectivity index (χ1v) is 9.13. The van der Waals surface area contributed by atoms with Crippen LogP contribution in [0.5, 0.6) is 0 Å². The second-order valence-electron chi connectivity index (χ2n) is 4.59. The molecule has 0 unspecified atom stereocenters. The van der Waals surface area contributed by atoms with Gasteiger partial charge in [0.05, 0.1) is 5.69 Å². The normalized spacial score (nSPS) is 11.6. The lowest BCUT2D eigenvalue weighted by Gasteiger charge is -2.10. The molecule has 2 aromatic rings. The number of likely N-dealkylation sites (N-methyl/N-ethyl adjacent to an activating group) is 1. The second-order valence-corrected chi connectivity index (χ2v) is 8.08.